The van der Waals surface area contributed by atoms with Crippen molar-refractivity contribution in [2.45, 2.75) is 26.7 Å². The molecule has 0 radical (unpaired) electrons. The topological polar surface area (TPSA) is 81.0 Å². The van der Waals surface area contributed by atoms with Crippen molar-refractivity contribution in [3.63, 3.8) is 0 Å². The van der Waals surface area contributed by atoms with Gasteiger partial charge in [0.05, 0.1) is 9.93 Å². The van der Waals surface area contributed by atoms with E-state index in [-0.39, 0.29) is 11.6 Å². The summed E-state index contributed by atoms with van der Waals surface area (Å²) in [6, 6.07) is 1.52. The first-order chi connectivity index (χ1) is 9.47. The minimum Gasteiger partial charge on any atom is -0.369 e. The predicted molar refractivity (Wildman–Crippen MR) is 79.4 cm³/mol. The summed E-state index contributed by atoms with van der Waals surface area (Å²) in [6.45, 7) is 6.56. The molecule has 1 unspecified atom stereocenters. The van der Waals surface area contributed by atoms with Gasteiger partial charge >= 0.3 is 0 Å². The first-order valence-electron chi connectivity index (χ1n) is 6.24. The second-order valence-corrected chi connectivity index (χ2v) is 5.61. The molecule has 0 aliphatic heterocycles. The van der Waals surface area contributed by atoms with Gasteiger partial charge in [-0.15, -0.1) is 11.3 Å². The van der Waals surface area contributed by atoms with E-state index in [1.165, 1.54) is 12.3 Å². The summed E-state index contributed by atoms with van der Waals surface area (Å²) in [7, 11) is 0. The second-order valence-electron chi connectivity index (χ2n) is 4.73. The molecule has 0 bridgehead atoms. The third-order valence-electron chi connectivity index (χ3n) is 2.91. The number of nitrogens with one attached hydrogen (secondary N) is 1. The lowest BCUT2D eigenvalue weighted by Gasteiger charge is -2.12. The molecular formula is C13H16N4O2S. The van der Waals surface area contributed by atoms with Crippen molar-refractivity contribution in [3.8, 4) is 0 Å². The van der Waals surface area contributed by atoms with Gasteiger partial charge in [-0.1, -0.05) is 6.92 Å². The van der Waals surface area contributed by atoms with Gasteiger partial charge in [0, 0.05) is 29.6 Å². The number of hydrogen-bond acceptors (Lipinski definition) is 6. The molecule has 0 fully saturated rings. The van der Waals surface area contributed by atoms with Gasteiger partial charge in [-0.25, -0.2) is 9.97 Å². The second kappa shape index (κ2) is 5.96. The smallest absolute Gasteiger partial charge is 0.287 e. The van der Waals surface area contributed by atoms with E-state index in [2.05, 4.69) is 22.2 Å². The van der Waals surface area contributed by atoms with E-state index in [4.69, 9.17) is 0 Å². The van der Waals surface area contributed by atoms with Crippen LogP contribution in [0.2, 0.25) is 0 Å². The van der Waals surface area contributed by atoms with Crippen molar-refractivity contribution in [2.75, 3.05) is 11.9 Å². The molecule has 1 atom stereocenters. The Morgan fingerprint density at radius 3 is 2.80 bits per heavy atom. The molecule has 6 nitrogen and oxygen atoms in total. The Bertz CT molecular complexity index is 627. The molecule has 2 heterocycles. The summed E-state index contributed by atoms with van der Waals surface area (Å²) in [4.78, 5) is 18.8. The number of anilines is 1. The fraction of sp³-hybridized carbons (Fsp3) is 0.385. The van der Waals surface area contributed by atoms with Crippen LogP contribution in [0.1, 0.15) is 29.1 Å². The van der Waals surface area contributed by atoms with Gasteiger partial charge in [-0.2, -0.15) is 0 Å². The van der Waals surface area contributed by atoms with E-state index in [0.717, 1.165) is 16.3 Å². The van der Waals surface area contributed by atoms with Crippen LogP contribution < -0.4 is 5.32 Å². The molecule has 0 saturated heterocycles. The fourth-order valence-electron chi connectivity index (χ4n) is 1.78. The molecule has 7 heteroatoms. The Morgan fingerprint density at radius 1 is 1.50 bits per heavy atom. The van der Waals surface area contributed by atoms with Crippen LogP contribution in [0, 0.1) is 24.0 Å². The quantitative estimate of drug-likeness (QED) is 0.675. The van der Waals surface area contributed by atoms with Crippen LogP contribution in [0.4, 0.5) is 11.5 Å². The Labute approximate surface area is 121 Å². The van der Waals surface area contributed by atoms with E-state index < -0.39 is 4.92 Å². The Morgan fingerprint density at radius 2 is 2.25 bits per heavy atom. The summed E-state index contributed by atoms with van der Waals surface area (Å²) >= 11 is 1.64. The summed E-state index contributed by atoms with van der Waals surface area (Å²) in [6.07, 6.45) is 1.27. The third-order valence-corrected chi connectivity index (χ3v) is 4.10. The predicted octanol–water partition coefficient (Wildman–Crippen LogP) is 3.28. The average molecular weight is 292 g/mol. The average Bonchev–Trinajstić information content (AvgIpc) is 2.83. The molecule has 0 saturated carbocycles. The summed E-state index contributed by atoms with van der Waals surface area (Å²) in [5.41, 5.74) is 1.81. The molecule has 0 aliphatic rings. The highest BCUT2D eigenvalue weighted by atomic mass is 32.1. The number of rotatable bonds is 5. The van der Waals surface area contributed by atoms with E-state index in [0.29, 0.717) is 12.4 Å². The Hall–Kier alpha value is -2.02. The number of nitro groups is 1. The Kier molecular flexibility index (Phi) is 4.29. The largest absolute Gasteiger partial charge is 0.369 e. The van der Waals surface area contributed by atoms with Crippen molar-refractivity contribution < 1.29 is 4.92 Å². The maximum Gasteiger partial charge on any atom is 0.287 e. The zero-order valence-electron chi connectivity index (χ0n) is 11.6. The van der Waals surface area contributed by atoms with E-state index in [9.17, 15) is 10.1 Å². The minimum absolute atomic E-state index is 0.0108. The molecule has 0 aliphatic carbocycles. The van der Waals surface area contributed by atoms with Crippen LogP contribution in [-0.4, -0.2) is 21.4 Å². The van der Waals surface area contributed by atoms with Crippen molar-refractivity contribution in [1.29, 1.82) is 0 Å². The monoisotopic (exact) mass is 292 g/mol. The molecule has 106 valence electrons. The van der Waals surface area contributed by atoms with Crippen molar-refractivity contribution >= 4 is 22.8 Å². The van der Waals surface area contributed by atoms with Gasteiger partial charge in [-0.3, -0.25) is 10.1 Å². The highest BCUT2D eigenvalue weighted by Gasteiger charge is 2.12. The maximum atomic E-state index is 10.7. The van der Waals surface area contributed by atoms with Crippen molar-refractivity contribution in [3.05, 3.63) is 44.0 Å². The number of nitrogens with zero attached hydrogens (tertiary/aromatic N) is 3. The molecule has 20 heavy (non-hydrogen) atoms. The molecular weight excluding hydrogens is 276 g/mol. The molecule has 2 aromatic rings. The number of thiazole rings is 1. The van der Waals surface area contributed by atoms with Crippen LogP contribution >= 0.6 is 11.3 Å². The highest BCUT2D eigenvalue weighted by molar-refractivity contribution is 7.09. The highest BCUT2D eigenvalue weighted by Crippen LogP contribution is 2.22. The van der Waals surface area contributed by atoms with E-state index in [1.54, 1.807) is 18.3 Å². The zero-order chi connectivity index (χ0) is 14.7. The number of aryl methyl sites for hydroxylation is 2. The first-order valence-corrected chi connectivity index (χ1v) is 7.12. The van der Waals surface area contributed by atoms with Gasteiger partial charge < -0.3 is 5.32 Å². The number of pyridine rings is 1. The fourth-order valence-corrected chi connectivity index (χ4v) is 2.64. The van der Waals surface area contributed by atoms with Gasteiger partial charge in [0.15, 0.2) is 0 Å². The van der Waals surface area contributed by atoms with Crippen LogP contribution in [0.25, 0.3) is 0 Å². The molecule has 1 N–H and O–H groups in total. The zero-order valence-corrected chi connectivity index (χ0v) is 12.4. The molecule has 2 aromatic heterocycles. The molecule has 0 spiro atoms. The Balaban J connectivity index is 2.02. The number of hydrogen-bond donors (Lipinski definition) is 1. The molecule has 0 amide bonds. The lowest BCUT2D eigenvalue weighted by Crippen LogP contribution is -2.11. The van der Waals surface area contributed by atoms with Gasteiger partial charge in [0.2, 0.25) is 0 Å². The summed E-state index contributed by atoms with van der Waals surface area (Å²) < 4.78 is 0. The summed E-state index contributed by atoms with van der Waals surface area (Å²) in [5, 5.41) is 17.0. The molecule has 0 aromatic carbocycles. The third kappa shape index (κ3) is 3.30. The first kappa shape index (κ1) is 14.4. The van der Waals surface area contributed by atoms with Gasteiger partial charge in [-0.05, 0) is 19.4 Å². The number of aromatic nitrogens is 2. The van der Waals surface area contributed by atoms with Crippen LogP contribution in [0.15, 0.2) is 17.6 Å². The lowest BCUT2D eigenvalue weighted by atomic mass is 10.2. The van der Waals surface area contributed by atoms with Crippen molar-refractivity contribution in [2.24, 2.45) is 0 Å². The standard InChI is InChI=1S/C13H16N4O2S/c1-8-4-11(17(18)19)6-15-12(8)14-5-9(2)13-16-10(3)7-20-13/h4,6-7,9H,5H2,1-3H3,(H,14,15). The van der Waals surface area contributed by atoms with E-state index in [1.807, 2.05) is 12.3 Å². The minimum atomic E-state index is -0.440. The van der Waals surface area contributed by atoms with Crippen LogP contribution in [0.3, 0.4) is 0 Å². The summed E-state index contributed by atoms with van der Waals surface area (Å²) in [5.74, 6) is 0.945. The van der Waals surface area contributed by atoms with Crippen molar-refractivity contribution in [1.82, 2.24) is 9.97 Å². The van der Waals surface area contributed by atoms with E-state index >= 15 is 0 Å². The van der Waals surface area contributed by atoms with Gasteiger partial charge in [0.25, 0.3) is 5.69 Å². The van der Waals surface area contributed by atoms with Crippen LogP contribution in [0.5, 0.6) is 0 Å². The SMILES string of the molecule is Cc1csc(C(C)CNc2ncc([N+](=O)[O-])cc2C)n1. The maximum absolute atomic E-state index is 10.7. The lowest BCUT2D eigenvalue weighted by molar-refractivity contribution is -0.385. The normalized spacial score (nSPS) is 12.2. The molecule has 2 rings (SSSR count). The van der Waals surface area contributed by atoms with Crippen LogP contribution in [-0.2, 0) is 0 Å². The van der Waals surface area contributed by atoms with Gasteiger partial charge in [0.1, 0.15) is 12.0 Å².